The molecular formula is C16H20Cl2N2O3. The third-order valence-electron chi connectivity index (χ3n) is 3.91. The molecule has 1 aliphatic carbocycles. The summed E-state index contributed by atoms with van der Waals surface area (Å²) in [5.41, 5.74) is 0.00288. The van der Waals surface area contributed by atoms with E-state index in [-0.39, 0.29) is 11.8 Å². The molecule has 1 fully saturated rings. The van der Waals surface area contributed by atoms with Crippen molar-refractivity contribution in [3.05, 3.63) is 33.8 Å². The van der Waals surface area contributed by atoms with E-state index in [1.54, 1.807) is 19.2 Å². The number of carbonyl (C=O) groups is 2. The van der Waals surface area contributed by atoms with Crippen LogP contribution in [0.1, 0.15) is 18.4 Å². The van der Waals surface area contributed by atoms with Crippen LogP contribution in [0.3, 0.4) is 0 Å². The van der Waals surface area contributed by atoms with E-state index >= 15 is 0 Å². The maximum Gasteiger partial charge on any atom is 0.235 e. The van der Waals surface area contributed by atoms with Gasteiger partial charge in [-0.05, 0) is 37.0 Å². The van der Waals surface area contributed by atoms with E-state index in [1.165, 1.54) is 0 Å². The van der Waals surface area contributed by atoms with Gasteiger partial charge in [0, 0.05) is 30.2 Å². The lowest BCUT2D eigenvalue weighted by Gasteiger charge is -2.15. The standard InChI is InChI=1S/C16H20Cl2N2O3/c1-23-9-8-20-15(22)16(5-6-16)14(21)19-7-4-11-2-3-12(17)10-13(11)18/h2-3,10H,4-9H2,1H3,(H,19,21)(H,20,22). The molecule has 126 valence electrons. The number of amides is 2. The minimum atomic E-state index is -0.905. The Morgan fingerprint density at radius 2 is 1.83 bits per heavy atom. The van der Waals surface area contributed by atoms with Crippen LogP contribution >= 0.6 is 23.2 Å². The Bertz CT molecular complexity index is 589. The second-order valence-electron chi connectivity index (χ2n) is 5.57. The number of ether oxygens (including phenoxy) is 1. The van der Waals surface area contributed by atoms with Gasteiger partial charge >= 0.3 is 0 Å². The summed E-state index contributed by atoms with van der Waals surface area (Å²) in [5, 5.41) is 6.71. The summed E-state index contributed by atoms with van der Waals surface area (Å²) < 4.78 is 4.88. The predicted molar refractivity (Wildman–Crippen MR) is 89.7 cm³/mol. The van der Waals surface area contributed by atoms with Gasteiger partial charge in [-0.1, -0.05) is 29.3 Å². The second-order valence-corrected chi connectivity index (χ2v) is 6.42. The van der Waals surface area contributed by atoms with E-state index in [4.69, 9.17) is 27.9 Å². The summed E-state index contributed by atoms with van der Waals surface area (Å²) in [6.45, 7) is 1.26. The highest BCUT2D eigenvalue weighted by Gasteiger charge is 2.56. The van der Waals surface area contributed by atoms with Gasteiger partial charge < -0.3 is 15.4 Å². The fraction of sp³-hybridized carbons (Fsp3) is 0.500. The number of hydrogen-bond donors (Lipinski definition) is 2. The van der Waals surface area contributed by atoms with Gasteiger partial charge in [0.25, 0.3) is 0 Å². The monoisotopic (exact) mass is 358 g/mol. The van der Waals surface area contributed by atoms with Crippen LogP contribution in [-0.4, -0.2) is 38.6 Å². The molecule has 1 aromatic carbocycles. The molecule has 23 heavy (non-hydrogen) atoms. The van der Waals surface area contributed by atoms with Crippen molar-refractivity contribution in [2.45, 2.75) is 19.3 Å². The van der Waals surface area contributed by atoms with Crippen LogP contribution in [0.4, 0.5) is 0 Å². The molecule has 0 atom stereocenters. The third kappa shape index (κ3) is 4.59. The van der Waals surface area contributed by atoms with E-state index in [0.29, 0.717) is 49.0 Å². The molecule has 0 bridgehead atoms. The lowest BCUT2D eigenvalue weighted by molar-refractivity contribution is -0.137. The normalized spacial score (nSPS) is 15.1. The Kier molecular flexibility index (Phi) is 6.27. The molecule has 1 aliphatic rings. The molecule has 0 aromatic heterocycles. The fourth-order valence-electron chi connectivity index (χ4n) is 2.32. The molecule has 0 saturated heterocycles. The summed E-state index contributed by atoms with van der Waals surface area (Å²) in [6.07, 6.45) is 1.75. The number of halogens is 2. The predicted octanol–water partition coefficient (Wildman–Crippen LogP) is 2.19. The van der Waals surface area contributed by atoms with E-state index < -0.39 is 5.41 Å². The molecule has 0 spiro atoms. The van der Waals surface area contributed by atoms with Crippen LogP contribution in [0, 0.1) is 5.41 Å². The molecule has 0 heterocycles. The molecule has 0 unspecified atom stereocenters. The first-order valence-electron chi connectivity index (χ1n) is 7.49. The van der Waals surface area contributed by atoms with Crippen molar-refractivity contribution >= 4 is 35.0 Å². The van der Waals surface area contributed by atoms with Gasteiger partial charge in [0.1, 0.15) is 5.41 Å². The first-order valence-corrected chi connectivity index (χ1v) is 8.24. The Labute approximate surface area is 145 Å². The zero-order chi connectivity index (χ0) is 16.9. The minimum Gasteiger partial charge on any atom is -0.383 e. The van der Waals surface area contributed by atoms with Crippen molar-refractivity contribution in [3.8, 4) is 0 Å². The van der Waals surface area contributed by atoms with Gasteiger partial charge in [0.05, 0.1) is 6.61 Å². The first kappa shape index (κ1) is 18.0. The lowest BCUT2D eigenvalue weighted by atomic mass is 10.0. The largest absolute Gasteiger partial charge is 0.383 e. The summed E-state index contributed by atoms with van der Waals surface area (Å²) in [4.78, 5) is 24.4. The molecule has 5 nitrogen and oxygen atoms in total. The van der Waals surface area contributed by atoms with Crippen LogP contribution in [0.5, 0.6) is 0 Å². The molecule has 2 rings (SSSR count). The highest BCUT2D eigenvalue weighted by Crippen LogP contribution is 2.46. The fourth-order valence-corrected chi connectivity index (χ4v) is 2.83. The van der Waals surface area contributed by atoms with Crippen molar-refractivity contribution < 1.29 is 14.3 Å². The number of benzene rings is 1. The summed E-state index contributed by atoms with van der Waals surface area (Å²) in [6, 6.07) is 5.27. The number of methoxy groups -OCH3 is 1. The molecule has 0 aliphatic heterocycles. The van der Waals surface area contributed by atoms with E-state index in [9.17, 15) is 9.59 Å². The third-order valence-corrected chi connectivity index (χ3v) is 4.49. The van der Waals surface area contributed by atoms with Gasteiger partial charge in [-0.15, -0.1) is 0 Å². The van der Waals surface area contributed by atoms with E-state index in [2.05, 4.69) is 10.6 Å². The highest BCUT2D eigenvalue weighted by molar-refractivity contribution is 6.35. The first-order chi connectivity index (χ1) is 11.0. The average molecular weight is 359 g/mol. The van der Waals surface area contributed by atoms with Crippen LogP contribution in [0.25, 0.3) is 0 Å². The zero-order valence-corrected chi connectivity index (χ0v) is 14.5. The average Bonchev–Trinajstić information content (AvgIpc) is 3.31. The van der Waals surface area contributed by atoms with E-state index in [1.807, 2.05) is 6.07 Å². The topological polar surface area (TPSA) is 67.4 Å². The van der Waals surface area contributed by atoms with Gasteiger partial charge in [0.2, 0.25) is 11.8 Å². The Hall–Kier alpha value is -1.30. The summed E-state index contributed by atoms with van der Waals surface area (Å²) in [7, 11) is 1.56. The van der Waals surface area contributed by atoms with Crippen molar-refractivity contribution in [1.29, 1.82) is 0 Å². The van der Waals surface area contributed by atoms with Crippen molar-refractivity contribution in [1.82, 2.24) is 10.6 Å². The van der Waals surface area contributed by atoms with Crippen LogP contribution in [0.2, 0.25) is 10.0 Å². The van der Waals surface area contributed by atoms with Gasteiger partial charge in [-0.25, -0.2) is 0 Å². The maximum atomic E-state index is 12.3. The second kappa shape index (κ2) is 7.99. The molecule has 7 heteroatoms. The smallest absolute Gasteiger partial charge is 0.235 e. The van der Waals surface area contributed by atoms with Crippen molar-refractivity contribution in [2.75, 3.05) is 26.8 Å². The maximum absolute atomic E-state index is 12.3. The van der Waals surface area contributed by atoms with E-state index in [0.717, 1.165) is 5.56 Å². The van der Waals surface area contributed by atoms with Crippen molar-refractivity contribution in [3.63, 3.8) is 0 Å². The molecular weight excluding hydrogens is 339 g/mol. The number of carbonyl (C=O) groups excluding carboxylic acids is 2. The Morgan fingerprint density at radius 1 is 1.17 bits per heavy atom. The summed E-state index contributed by atoms with van der Waals surface area (Å²) >= 11 is 11.9. The molecule has 2 amide bonds. The number of hydrogen-bond acceptors (Lipinski definition) is 3. The van der Waals surface area contributed by atoms with Crippen LogP contribution in [-0.2, 0) is 20.7 Å². The van der Waals surface area contributed by atoms with Crippen molar-refractivity contribution in [2.24, 2.45) is 5.41 Å². The minimum absolute atomic E-state index is 0.225. The number of nitrogens with one attached hydrogen (secondary N) is 2. The van der Waals surface area contributed by atoms with Crippen LogP contribution in [0.15, 0.2) is 18.2 Å². The van der Waals surface area contributed by atoms with Gasteiger partial charge in [0.15, 0.2) is 0 Å². The zero-order valence-electron chi connectivity index (χ0n) is 13.0. The highest BCUT2D eigenvalue weighted by atomic mass is 35.5. The summed E-state index contributed by atoms with van der Waals surface area (Å²) in [5.74, 6) is -0.450. The molecule has 2 N–H and O–H groups in total. The van der Waals surface area contributed by atoms with Gasteiger partial charge in [-0.2, -0.15) is 0 Å². The SMILES string of the molecule is COCCNC(=O)C1(C(=O)NCCc2ccc(Cl)cc2Cl)CC1. The van der Waals surface area contributed by atoms with Gasteiger partial charge in [-0.3, -0.25) is 9.59 Å². The molecule has 1 saturated carbocycles. The molecule has 0 radical (unpaired) electrons. The lowest BCUT2D eigenvalue weighted by Crippen LogP contribution is -2.44. The Balaban J connectivity index is 1.81. The number of rotatable bonds is 8. The molecule has 1 aromatic rings. The Morgan fingerprint density at radius 3 is 2.39 bits per heavy atom. The van der Waals surface area contributed by atoms with Crippen LogP contribution < -0.4 is 10.6 Å². The quantitative estimate of drug-likeness (QED) is 0.552.